The van der Waals surface area contributed by atoms with Crippen LogP contribution in [0.15, 0.2) is 64.7 Å². The third-order valence-corrected chi connectivity index (χ3v) is 4.35. The Labute approximate surface area is 136 Å². The van der Waals surface area contributed by atoms with Crippen LogP contribution in [0.3, 0.4) is 0 Å². The summed E-state index contributed by atoms with van der Waals surface area (Å²) < 4.78 is 7.04. The number of imidazole rings is 1. The lowest BCUT2D eigenvalue weighted by molar-refractivity contribution is 0.0942. The molecule has 0 aliphatic heterocycles. The number of nitrogens with one attached hydrogen (secondary N) is 1. The minimum absolute atomic E-state index is 0.148. The van der Waals surface area contributed by atoms with Crippen LogP contribution in [0.1, 0.15) is 16.2 Å². The second-order valence-electron chi connectivity index (χ2n) is 5.03. The summed E-state index contributed by atoms with van der Waals surface area (Å²) in [5.41, 5.74) is 2.47. The Morgan fingerprint density at radius 3 is 2.87 bits per heavy atom. The maximum Gasteiger partial charge on any atom is 0.269 e. The van der Waals surface area contributed by atoms with Crippen molar-refractivity contribution in [3.8, 4) is 11.3 Å². The average Bonchev–Trinajstić information content (AvgIpc) is 3.30. The summed E-state index contributed by atoms with van der Waals surface area (Å²) >= 11 is 1.45. The molecule has 0 radical (unpaired) electrons. The molecule has 0 atom stereocenters. The second kappa shape index (κ2) is 5.73. The van der Waals surface area contributed by atoms with E-state index in [9.17, 15) is 4.79 Å². The molecule has 23 heavy (non-hydrogen) atoms. The van der Waals surface area contributed by atoms with Gasteiger partial charge in [0, 0.05) is 17.1 Å². The molecule has 1 amide bonds. The fourth-order valence-electron chi connectivity index (χ4n) is 2.37. The van der Waals surface area contributed by atoms with Gasteiger partial charge in [-0.05, 0) is 12.1 Å². The highest BCUT2D eigenvalue weighted by Gasteiger charge is 2.15. The zero-order valence-electron chi connectivity index (χ0n) is 12.1. The minimum Gasteiger partial charge on any atom is -0.467 e. The summed E-state index contributed by atoms with van der Waals surface area (Å²) in [6, 6.07) is 13.5. The first kappa shape index (κ1) is 13.8. The number of hydrogen-bond donors (Lipinski definition) is 1. The van der Waals surface area contributed by atoms with Crippen molar-refractivity contribution < 1.29 is 9.21 Å². The van der Waals surface area contributed by atoms with Crippen LogP contribution < -0.4 is 5.32 Å². The van der Waals surface area contributed by atoms with Gasteiger partial charge < -0.3 is 9.73 Å². The van der Waals surface area contributed by atoms with E-state index in [4.69, 9.17) is 4.42 Å². The first-order valence-electron chi connectivity index (χ1n) is 7.14. The molecule has 1 N–H and O–H groups in total. The van der Waals surface area contributed by atoms with E-state index in [0.717, 1.165) is 22.0 Å². The topological polar surface area (TPSA) is 59.5 Å². The highest BCUT2D eigenvalue weighted by Crippen LogP contribution is 2.23. The molecule has 0 bridgehead atoms. The molecule has 0 spiro atoms. The van der Waals surface area contributed by atoms with Gasteiger partial charge in [-0.3, -0.25) is 9.20 Å². The fraction of sp³-hybridized carbons (Fsp3) is 0.0588. The molecular formula is C17H13N3O2S. The van der Waals surface area contributed by atoms with Crippen molar-refractivity contribution in [1.29, 1.82) is 0 Å². The lowest BCUT2D eigenvalue weighted by atomic mass is 10.2. The van der Waals surface area contributed by atoms with E-state index in [1.165, 1.54) is 11.3 Å². The molecule has 4 aromatic rings. The Bertz CT molecular complexity index is 939. The number of carbonyl (C=O) groups excluding carboxylic acids is 1. The van der Waals surface area contributed by atoms with E-state index in [-0.39, 0.29) is 5.91 Å². The summed E-state index contributed by atoms with van der Waals surface area (Å²) in [5.74, 6) is 0.574. The molecule has 0 saturated carbocycles. The molecule has 3 heterocycles. The van der Waals surface area contributed by atoms with Crippen LogP contribution in [0.4, 0.5) is 0 Å². The molecule has 0 aliphatic carbocycles. The third kappa shape index (κ3) is 2.64. The highest BCUT2D eigenvalue weighted by molar-refractivity contribution is 7.15. The van der Waals surface area contributed by atoms with Gasteiger partial charge in [0.2, 0.25) is 0 Å². The van der Waals surface area contributed by atoms with Crippen molar-refractivity contribution >= 4 is 22.2 Å². The summed E-state index contributed by atoms with van der Waals surface area (Å²) in [5, 5.41) is 4.67. The molecule has 1 aromatic carbocycles. The van der Waals surface area contributed by atoms with Crippen molar-refractivity contribution in [2.24, 2.45) is 0 Å². The van der Waals surface area contributed by atoms with Crippen molar-refractivity contribution in [3.63, 3.8) is 0 Å². The van der Waals surface area contributed by atoms with Crippen LogP contribution >= 0.6 is 11.3 Å². The van der Waals surface area contributed by atoms with Crippen molar-refractivity contribution in [3.05, 3.63) is 71.8 Å². The van der Waals surface area contributed by atoms with Crippen molar-refractivity contribution in [2.45, 2.75) is 6.54 Å². The zero-order chi connectivity index (χ0) is 15.6. The summed E-state index contributed by atoms with van der Waals surface area (Å²) in [4.78, 5) is 17.7. The molecule has 0 saturated heterocycles. The molecule has 5 nitrogen and oxygen atoms in total. The van der Waals surface area contributed by atoms with Gasteiger partial charge in [-0.15, -0.1) is 11.3 Å². The van der Waals surface area contributed by atoms with E-state index in [2.05, 4.69) is 10.3 Å². The predicted molar refractivity (Wildman–Crippen MR) is 88.4 cm³/mol. The number of fused-ring (bicyclic) bond motifs is 1. The Morgan fingerprint density at radius 1 is 1.22 bits per heavy atom. The van der Waals surface area contributed by atoms with Gasteiger partial charge in [-0.25, -0.2) is 4.98 Å². The van der Waals surface area contributed by atoms with E-state index < -0.39 is 0 Å². The summed E-state index contributed by atoms with van der Waals surface area (Å²) in [6.45, 7) is 0.364. The number of benzene rings is 1. The molecule has 3 aromatic heterocycles. The minimum atomic E-state index is -0.148. The van der Waals surface area contributed by atoms with Gasteiger partial charge in [0.25, 0.3) is 5.91 Å². The Kier molecular flexibility index (Phi) is 3.44. The Balaban J connectivity index is 1.60. The first-order valence-corrected chi connectivity index (χ1v) is 8.02. The van der Waals surface area contributed by atoms with Crippen LogP contribution in [0.25, 0.3) is 16.2 Å². The van der Waals surface area contributed by atoms with Crippen LogP contribution in [-0.4, -0.2) is 15.3 Å². The smallest absolute Gasteiger partial charge is 0.269 e. The van der Waals surface area contributed by atoms with Crippen LogP contribution in [0.5, 0.6) is 0 Å². The number of hydrogen-bond acceptors (Lipinski definition) is 4. The average molecular weight is 323 g/mol. The number of furan rings is 1. The van der Waals surface area contributed by atoms with Crippen LogP contribution in [0.2, 0.25) is 0 Å². The summed E-state index contributed by atoms with van der Waals surface area (Å²) in [6.07, 6.45) is 3.48. The third-order valence-electron chi connectivity index (χ3n) is 3.51. The van der Waals surface area contributed by atoms with Crippen molar-refractivity contribution in [1.82, 2.24) is 14.7 Å². The molecule has 114 valence electrons. The Morgan fingerprint density at radius 2 is 2.09 bits per heavy atom. The monoisotopic (exact) mass is 323 g/mol. The quantitative estimate of drug-likeness (QED) is 0.624. The maximum atomic E-state index is 12.4. The van der Waals surface area contributed by atoms with Gasteiger partial charge in [0.15, 0.2) is 4.96 Å². The summed E-state index contributed by atoms with van der Waals surface area (Å²) in [7, 11) is 0. The van der Waals surface area contributed by atoms with Gasteiger partial charge in [0.05, 0.1) is 18.5 Å². The molecule has 4 rings (SSSR count). The van der Waals surface area contributed by atoms with E-state index >= 15 is 0 Å². The Hall–Kier alpha value is -2.86. The maximum absolute atomic E-state index is 12.4. The van der Waals surface area contributed by atoms with Crippen LogP contribution in [0, 0.1) is 0 Å². The zero-order valence-corrected chi connectivity index (χ0v) is 12.9. The number of rotatable bonds is 4. The SMILES string of the molecule is O=C(NCc1ccco1)c1csc2nc(-c3ccccc3)cn12. The molecule has 0 unspecified atom stereocenters. The van der Waals surface area contributed by atoms with Crippen LogP contribution in [-0.2, 0) is 6.54 Å². The number of aromatic nitrogens is 2. The van der Waals surface area contributed by atoms with Gasteiger partial charge >= 0.3 is 0 Å². The molecular weight excluding hydrogens is 310 g/mol. The predicted octanol–water partition coefficient (Wildman–Crippen LogP) is 3.59. The largest absolute Gasteiger partial charge is 0.467 e. The number of amides is 1. The molecule has 0 fully saturated rings. The standard InChI is InChI=1S/C17H13N3O2S/c21-16(18-9-13-7-4-8-22-13)15-11-23-17-19-14(10-20(15)17)12-5-2-1-3-6-12/h1-8,10-11H,9H2,(H,18,21). The molecule has 0 aliphatic rings. The second-order valence-corrected chi connectivity index (χ2v) is 5.86. The van der Waals surface area contributed by atoms with Gasteiger partial charge in [0.1, 0.15) is 11.5 Å². The normalized spacial score (nSPS) is 11.0. The van der Waals surface area contributed by atoms with E-state index in [1.807, 2.05) is 52.4 Å². The lowest BCUT2D eigenvalue weighted by Crippen LogP contribution is -2.23. The van der Waals surface area contributed by atoms with Crippen molar-refractivity contribution in [2.75, 3.05) is 0 Å². The number of carbonyl (C=O) groups is 1. The number of nitrogens with zero attached hydrogens (tertiary/aromatic N) is 2. The first-order chi connectivity index (χ1) is 11.3. The molecule has 6 heteroatoms. The number of thiazole rings is 1. The fourth-order valence-corrected chi connectivity index (χ4v) is 3.22. The highest BCUT2D eigenvalue weighted by atomic mass is 32.1. The van der Waals surface area contributed by atoms with E-state index in [0.29, 0.717) is 12.2 Å². The van der Waals surface area contributed by atoms with E-state index in [1.54, 1.807) is 12.3 Å². The van der Waals surface area contributed by atoms with Gasteiger partial charge in [-0.2, -0.15) is 0 Å². The lowest BCUT2D eigenvalue weighted by Gasteiger charge is -2.01. The van der Waals surface area contributed by atoms with Gasteiger partial charge in [-0.1, -0.05) is 30.3 Å².